The van der Waals surface area contributed by atoms with E-state index < -0.39 is 5.92 Å². The van der Waals surface area contributed by atoms with Crippen LogP contribution in [0.15, 0.2) is 35.5 Å². The fourth-order valence-electron chi connectivity index (χ4n) is 2.53. The molecule has 1 aliphatic rings. The molecule has 0 amide bonds. The molecule has 0 fully saturated rings. The molecule has 0 radical (unpaired) electrons. The number of carbonyl (C=O) groups excluding carboxylic acids is 1. The van der Waals surface area contributed by atoms with Crippen LogP contribution in [-0.4, -0.2) is 10.8 Å². The van der Waals surface area contributed by atoms with Crippen molar-refractivity contribution >= 4 is 34.6 Å². The van der Waals surface area contributed by atoms with Crippen molar-refractivity contribution in [1.29, 1.82) is 5.26 Å². The number of hydrogen-bond donors (Lipinski definition) is 1. The van der Waals surface area contributed by atoms with Crippen LogP contribution in [0, 0.1) is 17.2 Å². The number of ketones is 1. The van der Waals surface area contributed by atoms with Gasteiger partial charge in [-0.1, -0.05) is 36.0 Å². The Bertz CT molecular complexity index is 643. The summed E-state index contributed by atoms with van der Waals surface area (Å²) >= 11 is 11.1. The lowest BCUT2D eigenvalue weighted by Crippen LogP contribution is -2.39. The molecular weight excluding hydrogens is 292 g/mol. The number of hydrogen-bond acceptors (Lipinski definition) is 3. The van der Waals surface area contributed by atoms with Gasteiger partial charge in [0.05, 0.1) is 11.1 Å². The summed E-state index contributed by atoms with van der Waals surface area (Å²) < 4.78 is 0. The van der Waals surface area contributed by atoms with Gasteiger partial charge in [-0.2, -0.15) is 5.26 Å². The van der Waals surface area contributed by atoms with Crippen LogP contribution in [0.4, 0.5) is 0 Å². The zero-order valence-corrected chi connectivity index (χ0v) is 12.7. The summed E-state index contributed by atoms with van der Waals surface area (Å²) in [5.74, 6) is -0.949. The lowest BCUT2D eigenvalue weighted by Gasteiger charge is -2.32. The highest BCUT2D eigenvalue weighted by Gasteiger charge is 2.37. The maximum Gasteiger partial charge on any atom is 0.158 e. The standard InChI is InChI=1S/C15H13ClN2OS/c1-8-13(9(2)19)14(12(7-17)15(20)18-8)10-3-5-11(16)6-4-10/h3-6,12,14H,1-2H3,(H,18,20). The van der Waals surface area contributed by atoms with Gasteiger partial charge in [0, 0.05) is 22.2 Å². The van der Waals surface area contributed by atoms with E-state index >= 15 is 0 Å². The first-order valence-electron chi connectivity index (χ1n) is 6.13. The van der Waals surface area contributed by atoms with E-state index in [1.165, 1.54) is 6.92 Å². The van der Waals surface area contributed by atoms with Gasteiger partial charge in [-0.15, -0.1) is 0 Å². The van der Waals surface area contributed by atoms with E-state index in [1.54, 1.807) is 19.1 Å². The largest absolute Gasteiger partial charge is 0.352 e. The highest BCUT2D eigenvalue weighted by molar-refractivity contribution is 7.80. The molecule has 102 valence electrons. The van der Waals surface area contributed by atoms with Crippen LogP contribution in [0.5, 0.6) is 0 Å². The monoisotopic (exact) mass is 304 g/mol. The molecule has 0 aromatic heterocycles. The molecule has 0 saturated carbocycles. The molecule has 1 N–H and O–H groups in total. The Balaban J connectivity index is 2.61. The summed E-state index contributed by atoms with van der Waals surface area (Å²) in [6.45, 7) is 3.31. The van der Waals surface area contributed by atoms with Gasteiger partial charge in [-0.25, -0.2) is 0 Å². The quantitative estimate of drug-likeness (QED) is 0.851. The second-order valence-corrected chi connectivity index (χ2v) is 5.60. The summed E-state index contributed by atoms with van der Waals surface area (Å²) in [7, 11) is 0. The number of nitrogens with zero attached hydrogens (tertiary/aromatic N) is 1. The minimum atomic E-state index is -0.547. The smallest absolute Gasteiger partial charge is 0.158 e. The van der Waals surface area contributed by atoms with Crippen LogP contribution in [-0.2, 0) is 4.79 Å². The Morgan fingerprint density at radius 3 is 2.50 bits per heavy atom. The number of thiocarbonyl (C=S) groups is 1. The van der Waals surface area contributed by atoms with E-state index in [2.05, 4.69) is 11.4 Å². The average Bonchev–Trinajstić information content (AvgIpc) is 2.38. The van der Waals surface area contributed by atoms with Gasteiger partial charge in [0.25, 0.3) is 0 Å². The average molecular weight is 305 g/mol. The number of Topliss-reactive ketones (excluding diaryl/α,β-unsaturated/α-hetero) is 1. The molecule has 3 nitrogen and oxygen atoms in total. The van der Waals surface area contributed by atoms with Crippen LogP contribution in [0.3, 0.4) is 0 Å². The summed E-state index contributed by atoms with van der Waals surface area (Å²) in [6.07, 6.45) is 0. The first kappa shape index (κ1) is 14.7. The van der Waals surface area contributed by atoms with Gasteiger partial charge in [0.2, 0.25) is 0 Å². The van der Waals surface area contributed by atoms with Crippen molar-refractivity contribution < 1.29 is 4.79 Å². The zero-order valence-electron chi connectivity index (χ0n) is 11.1. The van der Waals surface area contributed by atoms with E-state index in [0.29, 0.717) is 21.3 Å². The second kappa shape index (κ2) is 5.74. The van der Waals surface area contributed by atoms with Crippen molar-refractivity contribution in [2.24, 2.45) is 5.92 Å². The topological polar surface area (TPSA) is 52.9 Å². The zero-order chi connectivity index (χ0) is 14.9. The van der Waals surface area contributed by atoms with E-state index in [0.717, 1.165) is 5.56 Å². The lowest BCUT2D eigenvalue weighted by atomic mass is 9.76. The van der Waals surface area contributed by atoms with Crippen molar-refractivity contribution in [2.45, 2.75) is 19.8 Å². The molecule has 1 heterocycles. The third-order valence-corrected chi connectivity index (χ3v) is 4.00. The first-order chi connectivity index (χ1) is 9.45. The van der Waals surface area contributed by atoms with Crippen molar-refractivity contribution in [3.63, 3.8) is 0 Å². The van der Waals surface area contributed by atoms with Crippen LogP contribution in [0.25, 0.3) is 0 Å². The Morgan fingerprint density at radius 1 is 1.40 bits per heavy atom. The van der Waals surface area contributed by atoms with E-state index in [-0.39, 0.29) is 11.7 Å². The van der Waals surface area contributed by atoms with Gasteiger partial charge in [0.15, 0.2) is 5.78 Å². The molecule has 20 heavy (non-hydrogen) atoms. The fourth-order valence-corrected chi connectivity index (χ4v) is 2.99. The number of rotatable bonds is 2. The van der Waals surface area contributed by atoms with E-state index in [9.17, 15) is 10.1 Å². The molecule has 1 aromatic rings. The fraction of sp³-hybridized carbons (Fsp3) is 0.267. The van der Waals surface area contributed by atoms with E-state index in [1.807, 2.05) is 12.1 Å². The molecule has 0 saturated heterocycles. The molecule has 5 heteroatoms. The maximum absolute atomic E-state index is 12.0. The van der Waals surface area contributed by atoms with Crippen LogP contribution in [0.2, 0.25) is 5.02 Å². The third kappa shape index (κ3) is 2.60. The van der Waals surface area contributed by atoms with Crippen molar-refractivity contribution in [2.75, 3.05) is 0 Å². The number of allylic oxidation sites excluding steroid dienone is 2. The van der Waals surface area contributed by atoms with Gasteiger partial charge in [-0.05, 0) is 31.5 Å². The maximum atomic E-state index is 12.0. The van der Waals surface area contributed by atoms with Crippen molar-refractivity contribution in [1.82, 2.24) is 5.32 Å². The van der Waals surface area contributed by atoms with Gasteiger partial charge >= 0.3 is 0 Å². The van der Waals surface area contributed by atoms with Gasteiger partial charge in [-0.3, -0.25) is 4.79 Å². The number of halogens is 1. The predicted octanol–water partition coefficient (Wildman–Crippen LogP) is 3.36. The van der Waals surface area contributed by atoms with Crippen LogP contribution in [0.1, 0.15) is 25.3 Å². The molecule has 2 rings (SSSR count). The molecule has 2 atom stereocenters. The Labute approximate surface area is 128 Å². The normalized spacial score (nSPS) is 22.2. The lowest BCUT2D eigenvalue weighted by molar-refractivity contribution is -0.114. The molecule has 1 aromatic carbocycles. The first-order valence-corrected chi connectivity index (χ1v) is 6.92. The Morgan fingerprint density at radius 2 is 2.00 bits per heavy atom. The van der Waals surface area contributed by atoms with Crippen LogP contribution >= 0.6 is 23.8 Å². The number of nitriles is 1. The summed E-state index contributed by atoms with van der Waals surface area (Å²) in [5.41, 5.74) is 2.19. The number of nitrogens with one attached hydrogen (secondary N) is 1. The third-order valence-electron chi connectivity index (χ3n) is 3.39. The van der Waals surface area contributed by atoms with Gasteiger partial charge in [0.1, 0.15) is 5.92 Å². The summed E-state index contributed by atoms with van der Waals surface area (Å²) in [4.78, 5) is 12.4. The Hall–Kier alpha value is -1.70. The van der Waals surface area contributed by atoms with Gasteiger partial charge < -0.3 is 5.32 Å². The van der Waals surface area contributed by atoms with Crippen molar-refractivity contribution in [3.8, 4) is 6.07 Å². The molecular formula is C15H13ClN2OS. The minimum Gasteiger partial charge on any atom is -0.352 e. The second-order valence-electron chi connectivity index (χ2n) is 4.72. The van der Waals surface area contributed by atoms with Crippen molar-refractivity contribution in [3.05, 3.63) is 46.1 Å². The predicted molar refractivity (Wildman–Crippen MR) is 82.4 cm³/mol. The minimum absolute atomic E-state index is 0.0577. The van der Waals surface area contributed by atoms with Crippen LogP contribution < -0.4 is 5.32 Å². The molecule has 1 aliphatic heterocycles. The number of carbonyl (C=O) groups is 1. The van der Waals surface area contributed by atoms with E-state index in [4.69, 9.17) is 23.8 Å². The Kier molecular flexibility index (Phi) is 4.22. The molecule has 0 bridgehead atoms. The molecule has 0 aliphatic carbocycles. The summed E-state index contributed by atoms with van der Waals surface area (Å²) in [5, 5.41) is 13.0. The highest BCUT2D eigenvalue weighted by Crippen LogP contribution is 2.37. The summed E-state index contributed by atoms with van der Waals surface area (Å²) in [6, 6.07) is 9.38. The number of benzene rings is 1. The highest BCUT2D eigenvalue weighted by atomic mass is 35.5. The SMILES string of the molecule is CC(=O)C1=C(C)NC(=S)C(C#N)C1c1ccc(Cl)cc1. The molecule has 2 unspecified atom stereocenters. The molecule has 0 spiro atoms.